The minimum absolute atomic E-state index is 0.00200. The van der Waals surface area contributed by atoms with Gasteiger partial charge < -0.3 is 14.6 Å². The second kappa shape index (κ2) is 9.90. The molecule has 0 unspecified atom stereocenters. The van der Waals surface area contributed by atoms with Crippen molar-refractivity contribution in [3.63, 3.8) is 0 Å². The molecular weight excluding hydrogens is 360 g/mol. The molecule has 0 aliphatic rings. The fraction of sp³-hybridized carbons (Fsp3) is 0.550. The number of hydrogen-bond donors (Lipinski definition) is 1. The van der Waals surface area contributed by atoms with Gasteiger partial charge in [0.1, 0.15) is 0 Å². The third-order valence-corrected chi connectivity index (χ3v) is 5.19. The molecule has 0 radical (unpaired) electrons. The van der Waals surface area contributed by atoms with Gasteiger partial charge in [-0.15, -0.1) is 10.2 Å². The van der Waals surface area contributed by atoms with Crippen LogP contribution in [-0.4, -0.2) is 46.7 Å². The zero-order valence-electron chi connectivity index (χ0n) is 16.9. The Morgan fingerprint density at radius 3 is 2.52 bits per heavy atom. The molecule has 7 heteroatoms. The Bertz CT molecular complexity index is 735. The Balaban J connectivity index is 2.03. The highest BCUT2D eigenvalue weighted by molar-refractivity contribution is 7.99. The highest BCUT2D eigenvalue weighted by atomic mass is 32.2. The van der Waals surface area contributed by atoms with E-state index in [-0.39, 0.29) is 11.3 Å². The third-order valence-electron chi connectivity index (χ3n) is 4.22. The van der Waals surface area contributed by atoms with E-state index < -0.39 is 0 Å². The number of hydrogen-bond acceptors (Lipinski definition) is 5. The average molecular weight is 391 g/mol. The van der Waals surface area contributed by atoms with Crippen molar-refractivity contribution in [1.29, 1.82) is 0 Å². The van der Waals surface area contributed by atoms with Crippen molar-refractivity contribution in [3.8, 4) is 11.4 Å². The molecule has 1 aromatic heterocycles. The molecule has 2 aromatic rings. The molecule has 1 heterocycles. The van der Waals surface area contributed by atoms with Gasteiger partial charge in [-0.25, -0.2) is 0 Å². The van der Waals surface area contributed by atoms with Crippen LogP contribution in [0.1, 0.15) is 39.7 Å². The molecule has 6 nitrogen and oxygen atoms in total. The first-order chi connectivity index (χ1) is 12.9. The Kier molecular flexibility index (Phi) is 7.86. The lowest BCUT2D eigenvalue weighted by Gasteiger charge is -2.19. The molecule has 148 valence electrons. The molecule has 0 saturated carbocycles. The number of carbonyl (C=O) groups excluding carboxylic acids is 1. The monoisotopic (exact) mass is 390 g/mol. The number of thioether (sulfide) groups is 1. The summed E-state index contributed by atoms with van der Waals surface area (Å²) in [5, 5.41) is 12.3. The van der Waals surface area contributed by atoms with Gasteiger partial charge in [-0.2, -0.15) is 0 Å². The van der Waals surface area contributed by atoms with Gasteiger partial charge in [-0.1, -0.05) is 56.8 Å². The van der Waals surface area contributed by atoms with Gasteiger partial charge in [0.15, 0.2) is 11.0 Å². The van der Waals surface area contributed by atoms with Crippen LogP contribution < -0.4 is 5.32 Å². The summed E-state index contributed by atoms with van der Waals surface area (Å²) in [5.41, 5.74) is 2.44. The molecule has 0 atom stereocenters. The average Bonchev–Trinajstić information content (AvgIpc) is 3.06. The van der Waals surface area contributed by atoms with Gasteiger partial charge >= 0.3 is 0 Å². The molecule has 0 spiro atoms. The number of benzene rings is 1. The molecule has 1 N–H and O–H groups in total. The van der Waals surface area contributed by atoms with Crippen LogP contribution in [0.5, 0.6) is 0 Å². The summed E-state index contributed by atoms with van der Waals surface area (Å²) in [6.07, 6.45) is 0.812. The molecule has 0 fully saturated rings. The number of nitrogens with one attached hydrogen (secondary N) is 1. The molecule has 1 aromatic carbocycles. The van der Waals surface area contributed by atoms with Crippen molar-refractivity contribution in [2.45, 2.75) is 51.2 Å². The molecule has 1 amide bonds. The smallest absolute Gasteiger partial charge is 0.230 e. The van der Waals surface area contributed by atoms with E-state index in [0.29, 0.717) is 18.9 Å². The summed E-state index contributed by atoms with van der Waals surface area (Å²) in [6, 6.07) is 8.47. The van der Waals surface area contributed by atoms with Crippen LogP contribution in [0.4, 0.5) is 0 Å². The van der Waals surface area contributed by atoms with Gasteiger partial charge in [0.25, 0.3) is 0 Å². The van der Waals surface area contributed by atoms with E-state index in [1.165, 1.54) is 17.3 Å². The van der Waals surface area contributed by atoms with E-state index in [4.69, 9.17) is 4.74 Å². The first-order valence-electron chi connectivity index (χ1n) is 9.29. The zero-order chi connectivity index (χ0) is 19.9. The highest BCUT2D eigenvalue weighted by Gasteiger charge is 2.17. The number of amides is 1. The standard InChI is InChI=1S/C20H30N4O2S/c1-6-24-18(15-8-10-16(11-9-15)20(2,3)4)22-23-19(24)27-14-17(25)21-12-7-13-26-5/h8-11H,6-7,12-14H2,1-5H3,(H,21,25). The molecule has 0 aliphatic carbocycles. The Morgan fingerprint density at radius 1 is 1.22 bits per heavy atom. The minimum atomic E-state index is -0.00200. The number of carbonyl (C=O) groups is 1. The Hall–Kier alpha value is -1.86. The largest absolute Gasteiger partial charge is 0.385 e. The van der Waals surface area contributed by atoms with Gasteiger partial charge in [0, 0.05) is 32.4 Å². The molecule has 0 bridgehead atoms. The first kappa shape index (κ1) is 21.4. The lowest BCUT2D eigenvalue weighted by molar-refractivity contribution is -0.118. The number of nitrogens with zero attached hydrogens (tertiary/aromatic N) is 3. The normalized spacial score (nSPS) is 11.6. The van der Waals surface area contributed by atoms with Crippen molar-refractivity contribution in [3.05, 3.63) is 29.8 Å². The van der Waals surface area contributed by atoms with E-state index in [0.717, 1.165) is 29.5 Å². The maximum absolute atomic E-state index is 12.0. The molecule has 0 aliphatic heterocycles. The lowest BCUT2D eigenvalue weighted by Crippen LogP contribution is -2.27. The van der Waals surface area contributed by atoms with Crippen LogP contribution in [0.3, 0.4) is 0 Å². The quantitative estimate of drug-likeness (QED) is 0.524. The summed E-state index contributed by atoms with van der Waals surface area (Å²) in [5.74, 6) is 1.16. The Labute approximate surface area is 166 Å². The maximum Gasteiger partial charge on any atom is 0.230 e. The van der Waals surface area contributed by atoms with Gasteiger partial charge in [0.05, 0.1) is 5.75 Å². The van der Waals surface area contributed by atoms with E-state index in [1.807, 2.05) is 0 Å². The van der Waals surface area contributed by atoms with Gasteiger partial charge in [-0.3, -0.25) is 4.79 Å². The van der Waals surface area contributed by atoms with E-state index in [1.54, 1.807) is 7.11 Å². The van der Waals surface area contributed by atoms with Crippen molar-refractivity contribution >= 4 is 17.7 Å². The predicted octanol–water partition coefficient (Wildman–Crippen LogP) is 3.51. The number of rotatable bonds is 9. The minimum Gasteiger partial charge on any atom is -0.385 e. The second-order valence-corrected chi connectivity index (χ2v) is 8.31. The first-order valence-corrected chi connectivity index (χ1v) is 10.3. The van der Waals surface area contributed by atoms with E-state index >= 15 is 0 Å². The van der Waals surface area contributed by atoms with Gasteiger partial charge in [0.2, 0.25) is 5.91 Å². The van der Waals surface area contributed by atoms with Crippen LogP contribution in [0, 0.1) is 0 Å². The van der Waals surface area contributed by atoms with Crippen LogP contribution in [-0.2, 0) is 21.5 Å². The van der Waals surface area contributed by atoms with Crippen LogP contribution in [0.25, 0.3) is 11.4 Å². The fourth-order valence-electron chi connectivity index (χ4n) is 2.64. The molecular formula is C20H30N4O2S. The van der Waals surface area contributed by atoms with Crippen molar-refractivity contribution in [1.82, 2.24) is 20.1 Å². The maximum atomic E-state index is 12.0. The summed E-state index contributed by atoms with van der Waals surface area (Å²) in [4.78, 5) is 12.0. The van der Waals surface area contributed by atoms with E-state index in [2.05, 4.69) is 72.0 Å². The summed E-state index contributed by atoms with van der Waals surface area (Å²) in [6.45, 7) is 10.7. The number of methoxy groups -OCH3 is 1. The summed E-state index contributed by atoms with van der Waals surface area (Å²) < 4.78 is 7.03. The lowest BCUT2D eigenvalue weighted by atomic mass is 9.87. The Morgan fingerprint density at radius 2 is 1.93 bits per heavy atom. The zero-order valence-corrected chi connectivity index (χ0v) is 17.7. The van der Waals surface area contributed by atoms with Crippen molar-refractivity contribution < 1.29 is 9.53 Å². The molecule has 2 rings (SSSR count). The predicted molar refractivity (Wildman–Crippen MR) is 110 cm³/mol. The molecule has 0 saturated heterocycles. The number of ether oxygens (including phenoxy) is 1. The highest BCUT2D eigenvalue weighted by Crippen LogP contribution is 2.27. The third kappa shape index (κ3) is 6.07. The second-order valence-electron chi connectivity index (χ2n) is 7.36. The summed E-state index contributed by atoms with van der Waals surface area (Å²) in [7, 11) is 1.66. The number of aromatic nitrogens is 3. The van der Waals surface area contributed by atoms with Crippen molar-refractivity contribution in [2.24, 2.45) is 0 Å². The van der Waals surface area contributed by atoms with Crippen LogP contribution >= 0.6 is 11.8 Å². The van der Waals surface area contributed by atoms with E-state index in [9.17, 15) is 4.79 Å². The van der Waals surface area contributed by atoms with Gasteiger partial charge in [-0.05, 0) is 24.3 Å². The molecule has 27 heavy (non-hydrogen) atoms. The van der Waals surface area contributed by atoms with Crippen molar-refractivity contribution in [2.75, 3.05) is 26.0 Å². The van der Waals surface area contributed by atoms with Crippen LogP contribution in [0.15, 0.2) is 29.4 Å². The topological polar surface area (TPSA) is 69.0 Å². The summed E-state index contributed by atoms with van der Waals surface area (Å²) >= 11 is 1.41. The van der Waals surface area contributed by atoms with Crippen LogP contribution in [0.2, 0.25) is 0 Å². The fourth-order valence-corrected chi connectivity index (χ4v) is 3.47. The SMILES string of the molecule is CCn1c(SCC(=O)NCCCOC)nnc1-c1ccc(C(C)(C)C)cc1.